The molecule has 0 fully saturated rings. The van der Waals surface area contributed by atoms with E-state index in [1.807, 2.05) is 0 Å². The fourth-order valence-corrected chi connectivity index (χ4v) is 2.84. The highest BCUT2D eigenvalue weighted by Gasteiger charge is 2.12. The summed E-state index contributed by atoms with van der Waals surface area (Å²) in [7, 11) is 0. The van der Waals surface area contributed by atoms with E-state index in [1.54, 1.807) is 12.1 Å². The van der Waals surface area contributed by atoms with Crippen molar-refractivity contribution in [3.8, 4) is 0 Å². The number of carboxylic acids is 2. The van der Waals surface area contributed by atoms with Gasteiger partial charge in [-0.3, -0.25) is 4.79 Å². The van der Waals surface area contributed by atoms with Crippen LogP contribution < -0.4 is 0 Å². The number of aromatic carboxylic acids is 1. The third kappa shape index (κ3) is 2.56. The zero-order valence-electron chi connectivity index (χ0n) is 8.41. The maximum Gasteiger partial charge on any atom is 0.337 e. The number of hydrogen-bond donors (Lipinski definition) is 2. The molecule has 2 N–H and O–H groups in total. The smallest absolute Gasteiger partial charge is 0.337 e. The van der Waals surface area contributed by atoms with Gasteiger partial charge in [-0.2, -0.15) is 0 Å². The Morgan fingerprint density at radius 2 is 2.12 bits per heavy atom. The molecule has 2 rings (SSSR count). The van der Waals surface area contributed by atoms with Gasteiger partial charge in [0.05, 0.1) is 16.3 Å². The van der Waals surface area contributed by atoms with Gasteiger partial charge in [-0.05, 0) is 12.1 Å². The average Bonchev–Trinajstić information content (AvgIpc) is 2.69. The van der Waals surface area contributed by atoms with Crippen molar-refractivity contribution in [3.05, 3.63) is 23.1 Å². The SMILES string of the molecule is O=C(O)CSc1ccc2c(C(=O)O)csc2n1. The molecule has 0 aliphatic carbocycles. The second-order valence-electron chi connectivity index (χ2n) is 3.14. The minimum Gasteiger partial charge on any atom is -0.481 e. The topological polar surface area (TPSA) is 87.5 Å². The Bertz CT molecular complexity index is 593. The third-order valence-corrected chi connectivity index (χ3v) is 3.79. The number of thioether (sulfide) groups is 1. The van der Waals surface area contributed by atoms with E-state index in [2.05, 4.69) is 4.98 Å². The second kappa shape index (κ2) is 4.72. The zero-order chi connectivity index (χ0) is 12.4. The second-order valence-corrected chi connectivity index (χ2v) is 4.99. The minimum atomic E-state index is -0.982. The summed E-state index contributed by atoms with van der Waals surface area (Å²) < 4.78 is 0. The van der Waals surface area contributed by atoms with Crippen molar-refractivity contribution in [1.29, 1.82) is 0 Å². The maximum atomic E-state index is 10.9. The number of fused-ring (bicyclic) bond motifs is 1. The molecule has 0 radical (unpaired) electrons. The van der Waals surface area contributed by atoms with E-state index in [9.17, 15) is 9.59 Å². The average molecular weight is 269 g/mol. The van der Waals surface area contributed by atoms with Crippen LogP contribution in [0, 0.1) is 0 Å². The summed E-state index contributed by atoms with van der Waals surface area (Å²) in [6.07, 6.45) is 0. The Morgan fingerprint density at radius 3 is 2.76 bits per heavy atom. The summed E-state index contributed by atoms with van der Waals surface area (Å²) in [5, 5.41) is 20.2. The quantitative estimate of drug-likeness (QED) is 0.827. The van der Waals surface area contributed by atoms with E-state index in [1.165, 1.54) is 16.7 Å². The summed E-state index contributed by atoms with van der Waals surface area (Å²) in [6, 6.07) is 3.29. The Labute approximate surface area is 104 Å². The van der Waals surface area contributed by atoms with E-state index in [-0.39, 0.29) is 11.3 Å². The molecule has 7 heteroatoms. The molecule has 2 aromatic heterocycles. The highest BCUT2D eigenvalue weighted by Crippen LogP contribution is 2.27. The summed E-state index contributed by atoms with van der Waals surface area (Å²) in [5.41, 5.74) is 0.229. The van der Waals surface area contributed by atoms with Crippen LogP contribution in [0.1, 0.15) is 10.4 Å². The van der Waals surface area contributed by atoms with Crippen LogP contribution in [0.3, 0.4) is 0 Å². The van der Waals surface area contributed by atoms with E-state index >= 15 is 0 Å². The predicted octanol–water partition coefficient (Wildman–Crippen LogP) is 2.17. The number of carboxylic acid groups (broad SMARTS) is 2. The van der Waals surface area contributed by atoms with Gasteiger partial charge >= 0.3 is 11.9 Å². The summed E-state index contributed by atoms with van der Waals surface area (Å²) in [6.45, 7) is 0. The lowest BCUT2D eigenvalue weighted by Gasteiger charge is -1.98. The van der Waals surface area contributed by atoms with Gasteiger partial charge in [0.1, 0.15) is 4.83 Å². The molecule has 0 aliphatic heterocycles. The molecular formula is C10H7NO4S2. The first kappa shape index (κ1) is 11.9. The van der Waals surface area contributed by atoms with Crippen LogP contribution in [-0.2, 0) is 4.79 Å². The standard InChI is InChI=1S/C10H7NO4S2/c12-8(13)4-16-7-2-1-5-6(10(14)15)3-17-9(5)11-7/h1-3H,4H2,(H,12,13)(H,14,15). The molecule has 0 amide bonds. The van der Waals surface area contributed by atoms with Gasteiger partial charge in [-0.1, -0.05) is 11.8 Å². The van der Waals surface area contributed by atoms with Crippen LogP contribution in [0.4, 0.5) is 0 Å². The number of carbonyl (C=O) groups is 2. The molecule has 0 atom stereocenters. The summed E-state index contributed by atoms with van der Waals surface area (Å²) in [4.78, 5) is 26.1. The summed E-state index contributed by atoms with van der Waals surface area (Å²) >= 11 is 2.35. The van der Waals surface area contributed by atoms with Gasteiger partial charge in [0, 0.05) is 10.8 Å². The van der Waals surface area contributed by atoms with Crippen LogP contribution in [-0.4, -0.2) is 32.9 Å². The van der Waals surface area contributed by atoms with Crippen molar-refractivity contribution >= 4 is 45.3 Å². The fourth-order valence-electron chi connectivity index (χ4n) is 1.28. The van der Waals surface area contributed by atoms with Gasteiger partial charge in [-0.25, -0.2) is 9.78 Å². The molecule has 5 nitrogen and oxygen atoms in total. The van der Waals surface area contributed by atoms with E-state index in [0.717, 1.165) is 11.8 Å². The molecule has 2 heterocycles. The molecule has 0 aliphatic rings. The van der Waals surface area contributed by atoms with Gasteiger partial charge in [-0.15, -0.1) is 11.3 Å². The molecule has 88 valence electrons. The first-order valence-corrected chi connectivity index (χ1v) is 6.40. The molecule has 0 saturated carbocycles. The lowest BCUT2D eigenvalue weighted by Crippen LogP contribution is -1.98. The van der Waals surface area contributed by atoms with Crippen LogP contribution in [0.15, 0.2) is 22.5 Å². The molecule has 0 saturated heterocycles. The first-order valence-electron chi connectivity index (χ1n) is 4.54. The Balaban J connectivity index is 2.32. The number of thiophene rings is 1. The Hall–Kier alpha value is -1.60. The van der Waals surface area contributed by atoms with Crippen LogP contribution in [0.25, 0.3) is 10.2 Å². The largest absolute Gasteiger partial charge is 0.481 e. The van der Waals surface area contributed by atoms with Gasteiger partial charge < -0.3 is 10.2 Å². The van der Waals surface area contributed by atoms with Crippen LogP contribution >= 0.6 is 23.1 Å². The molecular weight excluding hydrogens is 262 g/mol. The predicted molar refractivity (Wildman–Crippen MR) is 64.9 cm³/mol. The number of aromatic nitrogens is 1. The Morgan fingerprint density at radius 1 is 1.35 bits per heavy atom. The van der Waals surface area contributed by atoms with Crippen molar-refractivity contribution in [2.24, 2.45) is 0 Å². The van der Waals surface area contributed by atoms with Gasteiger partial charge in [0.2, 0.25) is 0 Å². The lowest BCUT2D eigenvalue weighted by atomic mass is 10.2. The lowest BCUT2D eigenvalue weighted by molar-refractivity contribution is -0.133. The van der Waals surface area contributed by atoms with E-state index in [0.29, 0.717) is 15.2 Å². The third-order valence-electron chi connectivity index (χ3n) is 1.99. The van der Waals surface area contributed by atoms with Crippen molar-refractivity contribution in [1.82, 2.24) is 4.98 Å². The van der Waals surface area contributed by atoms with E-state index in [4.69, 9.17) is 10.2 Å². The number of pyridine rings is 1. The highest BCUT2D eigenvalue weighted by molar-refractivity contribution is 7.99. The molecule has 0 spiro atoms. The monoisotopic (exact) mass is 269 g/mol. The highest BCUT2D eigenvalue weighted by atomic mass is 32.2. The van der Waals surface area contributed by atoms with Crippen molar-refractivity contribution in [2.75, 3.05) is 5.75 Å². The van der Waals surface area contributed by atoms with Crippen LogP contribution in [0.5, 0.6) is 0 Å². The first-order chi connectivity index (χ1) is 8.08. The Kier molecular flexibility index (Phi) is 3.30. The number of hydrogen-bond acceptors (Lipinski definition) is 5. The molecule has 0 unspecified atom stereocenters. The van der Waals surface area contributed by atoms with Crippen molar-refractivity contribution < 1.29 is 19.8 Å². The number of rotatable bonds is 4. The van der Waals surface area contributed by atoms with Gasteiger partial charge in [0.25, 0.3) is 0 Å². The molecule has 0 aromatic carbocycles. The van der Waals surface area contributed by atoms with Gasteiger partial charge in [0.15, 0.2) is 0 Å². The fraction of sp³-hybridized carbons (Fsp3) is 0.100. The number of nitrogens with zero attached hydrogens (tertiary/aromatic N) is 1. The molecule has 0 bridgehead atoms. The van der Waals surface area contributed by atoms with Crippen molar-refractivity contribution in [3.63, 3.8) is 0 Å². The number of aliphatic carboxylic acids is 1. The maximum absolute atomic E-state index is 10.9. The molecule has 17 heavy (non-hydrogen) atoms. The van der Waals surface area contributed by atoms with Crippen LogP contribution in [0.2, 0.25) is 0 Å². The molecule has 2 aromatic rings. The zero-order valence-corrected chi connectivity index (χ0v) is 10.0. The summed E-state index contributed by atoms with van der Waals surface area (Å²) in [5.74, 6) is -1.95. The normalized spacial score (nSPS) is 10.6. The minimum absolute atomic E-state index is 0.0599. The van der Waals surface area contributed by atoms with Crippen molar-refractivity contribution in [2.45, 2.75) is 5.03 Å². The van der Waals surface area contributed by atoms with E-state index < -0.39 is 11.9 Å².